The number of rotatable bonds is 7. The van der Waals surface area contributed by atoms with Crippen LogP contribution in [0.2, 0.25) is 0 Å². The summed E-state index contributed by atoms with van der Waals surface area (Å²) in [5.41, 5.74) is 2.37. The van der Waals surface area contributed by atoms with Crippen LogP contribution in [-0.2, 0) is 24.3 Å². The van der Waals surface area contributed by atoms with Crippen molar-refractivity contribution in [3.05, 3.63) is 44.1 Å². The monoisotopic (exact) mass is 452 g/mol. The van der Waals surface area contributed by atoms with E-state index in [1.54, 1.807) is 25.6 Å². The van der Waals surface area contributed by atoms with Crippen molar-refractivity contribution in [1.82, 2.24) is 9.80 Å². The molecule has 0 aliphatic carbocycles. The number of ether oxygens (including phenoxy) is 2. The van der Waals surface area contributed by atoms with E-state index >= 15 is 0 Å². The molecule has 0 saturated heterocycles. The van der Waals surface area contributed by atoms with Crippen LogP contribution in [0.5, 0.6) is 11.5 Å². The molecule has 2 aromatic rings. The molecular weight excluding hydrogens is 428 g/mol. The Morgan fingerprint density at radius 2 is 1.93 bits per heavy atom. The maximum Gasteiger partial charge on any atom is 0.237 e. The van der Waals surface area contributed by atoms with Crippen molar-refractivity contribution >= 4 is 33.2 Å². The molecule has 5 nitrogen and oxygen atoms in total. The second kappa shape index (κ2) is 9.08. The van der Waals surface area contributed by atoms with Crippen LogP contribution in [0.25, 0.3) is 0 Å². The molecule has 1 aliphatic rings. The molecule has 0 N–H and O–H groups in total. The maximum atomic E-state index is 12.9. The van der Waals surface area contributed by atoms with Gasteiger partial charge in [-0.25, -0.2) is 0 Å². The van der Waals surface area contributed by atoms with Crippen molar-refractivity contribution in [3.63, 3.8) is 0 Å². The lowest BCUT2D eigenvalue weighted by Gasteiger charge is -2.31. The summed E-state index contributed by atoms with van der Waals surface area (Å²) >= 11 is 5.22. The molecule has 1 aromatic heterocycles. The second-order valence-electron chi connectivity index (χ2n) is 6.55. The lowest BCUT2D eigenvalue weighted by Crippen LogP contribution is -2.42. The zero-order valence-corrected chi connectivity index (χ0v) is 18.4. The molecule has 7 heteroatoms. The fourth-order valence-corrected chi connectivity index (χ4v) is 4.85. The van der Waals surface area contributed by atoms with E-state index in [2.05, 4.69) is 39.9 Å². The van der Waals surface area contributed by atoms with Gasteiger partial charge in [0.1, 0.15) is 0 Å². The van der Waals surface area contributed by atoms with Crippen LogP contribution in [0.1, 0.15) is 22.9 Å². The van der Waals surface area contributed by atoms with Gasteiger partial charge >= 0.3 is 0 Å². The molecule has 1 amide bonds. The number of hydrogen-bond acceptors (Lipinski definition) is 5. The van der Waals surface area contributed by atoms with Gasteiger partial charge in [0.2, 0.25) is 5.91 Å². The van der Waals surface area contributed by atoms with Crippen LogP contribution in [-0.4, -0.2) is 49.6 Å². The molecule has 27 heavy (non-hydrogen) atoms. The predicted molar refractivity (Wildman–Crippen MR) is 112 cm³/mol. The van der Waals surface area contributed by atoms with Gasteiger partial charge in [0.25, 0.3) is 0 Å². The highest BCUT2D eigenvalue weighted by molar-refractivity contribution is 9.11. The van der Waals surface area contributed by atoms with E-state index in [0.717, 1.165) is 41.2 Å². The van der Waals surface area contributed by atoms with E-state index in [9.17, 15) is 4.79 Å². The Hall–Kier alpha value is -1.57. The van der Waals surface area contributed by atoms with Gasteiger partial charge in [-0.1, -0.05) is 6.92 Å². The van der Waals surface area contributed by atoms with Gasteiger partial charge in [0, 0.05) is 24.5 Å². The SMILES string of the molecule is CCN(CC(=O)N1CCc2cc(OC)c(OC)cc2C1)Cc1ccc(Br)s1. The zero-order chi connectivity index (χ0) is 19.4. The summed E-state index contributed by atoms with van der Waals surface area (Å²) in [4.78, 5) is 18.3. The van der Waals surface area contributed by atoms with Crippen LogP contribution >= 0.6 is 27.3 Å². The lowest BCUT2D eigenvalue weighted by molar-refractivity contribution is -0.133. The minimum Gasteiger partial charge on any atom is -0.493 e. The Morgan fingerprint density at radius 3 is 2.52 bits per heavy atom. The van der Waals surface area contributed by atoms with Crippen molar-refractivity contribution < 1.29 is 14.3 Å². The first-order valence-corrected chi connectivity index (χ1v) is 10.6. The third kappa shape index (κ3) is 4.83. The number of carbonyl (C=O) groups is 1. The van der Waals surface area contributed by atoms with E-state index in [-0.39, 0.29) is 5.91 Å². The van der Waals surface area contributed by atoms with Gasteiger partial charge in [-0.15, -0.1) is 11.3 Å². The Balaban J connectivity index is 1.65. The highest BCUT2D eigenvalue weighted by Crippen LogP contribution is 2.33. The Bertz CT molecular complexity index is 809. The molecule has 2 heterocycles. The summed E-state index contributed by atoms with van der Waals surface area (Å²) in [6, 6.07) is 8.19. The molecule has 0 radical (unpaired) electrons. The Kier molecular flexibility index (Phi) is 6.78. The van der Waals surface area contributed by atoms with Gasteiger partial charge in [-0.3, -0.25) is 9.69 Å². The number of nitrogens with zero attached hydrogens (tertiary/aromatic N) is 2. The second-order valence-corrected chi connectivity index (χ2v) is 9.10. The molecule has 0 atom stereocenters. The average molecular weight is 453 g/mol. The third-order valence-electron chi connectivity index (χ3n) is 4.89. The normalized spacial score (nSPS) is 13.6. The third-order valence-corrected chi connectivity index (χ3v) is 6.49. The number of carbonyl (C=O) groups excluding carboxylic acids is 1. The number of likely N-dealkylation sites (N-methyl/N-ethyl adjacent to an activating group) is 1. The number of thiophene rings is 1. The number of hydrogen-bond donors (Lipinski definition) is 0. The number of methoxy groups -OCH3 is 2. The fourth-order valence-electron chi connectivity index (χ4n) is 3.32. The zero-order valence-electron chi connectivity index (χ0n) is 16.0. The smallest absolute Gasteiger partial charge is 0.237 e. The highest BCUT2D eigenvalue weighted by Gasteiger charge is 2.24. The number of fused-ring (bicyclic) bond motifs is 1. The summed E-state index contributed by atoms with van der Waals surface area (Å²) in [6.07, 6.45) is 0.839. The first-order valence-electron chi connectivity index (χ1n) is 9.02. The first-order chi connectivity index (χ1) is 13.0. The van der Waals surface area contributed by atoms with E-state index < -0.39 is 0 Å². The van der Waals surface area contributed by atoms with Crippen molar-refractivity contribution in [2.45, 2.75) is 26.4 Å². The summed E-state index contributed by atoms with van der Waals surface area (Å²) in [5.74, 6) is 1.63. The van der Waals surface area contributed by atoms with Crippen molar-refractivity contribution in [1.29, 1.82) is 0 Å². The van der Waals surface area contributed by atoms with Crippen LogP contribution in [0.3, 0.4) is 0 Å². The molecule has 0 unspecified atom stereocenters. The number of benzene rings is 1. The van der Waals surface area contributed by atoms with Gasteiger partial charge < -0.3 is 14.4 Å². The van der Waals surface area contributed by atoms with Gasteiger partial charge in [-0.2, -0.15) is 0 Å². The average Bonchev–Trinajstić information content (AvgIpc) is 3.10. The molecule has 0 spiro atoms. The van der Waals surface area contributed by atoms with Gasteiger partial charge in [-0.05, 0) is 64.3 Å². The maximum absolute atomic E-state index is 12.9. The Morgan fingerprint density at radius 1 is 1.22 bits per heavy atom. The molecule has 0 saturated carbocycles. The van der Waals surface area contributed by atoms with E-state index in [1.807, 2.05) is 17.0 Å². The van der Waals surface area contributed by atoms with Crippen molar-refractivity contribution in [3.8, 4) is 11.5 Å². The van der Waals surface area contributed by atoms with E-state index in [4.69, 9.17) is 9.47 Å². The topological polar surface area (TPSA) is 42.0 Å². The minimum absolute atomic E-state index is 0.174. The molecular formula is C20H25BrN2O3S. The fraction of sp³-hybridized carbons (Fsp3) is 0.450. The van der Waals surface area contributed by atoms with E-state index in [0.29, 0.717) is 18.8 Å². The molecule has 3 rings (SSSR count). The standard InChI is InChI=1S/C20H25BrN2O3S/c1-4-22(12-16-5-6-19(21)27-16)13-20(24)23-8-7-14-9-17(25-2)18(26-3)10-15(14)11-23/h5-6,9-10H,4,7-8,11-13H2,1-3H3. The van der Waals surface area contributed by atoms with Crippen LogP contribution in [0.4, 0.5) is 0 Å². The van der Waals surface area contributed by atoms with Crippen LogP contribution < -0.4 is 9.47 Å². The molecule has 1 aliphatic heterocycles. The summed E-state index contributed by atoms with van der Waals surface area (Å²) in [6.45, 7) is 5.54. The number of amides is 1. The highest BCUT2D eigenvalue weighted by atomic mass is 79.9. The lowest BCUT2D eigenvalue weighted by atomic mass is 9.98. The van der Waals surface area contributed by atoms with E-state index in [1.165, 1.54) is 10.4 Å². The summed E-state index contributed by atoms with van der Waals surface area (Å²) in [7, 11) is 3.28. The molecule has 0 fully saturated rings. The van der Waals surface area contributed by atoms with Crippen LogP contribution in [0.15, 0.2) is 28.1 Å². The van der Waals surface area contributed by atoms with Crippen LogP contribution in [0, 0.1) is 0 Å². The quantitative estimate of drug-likeness (QED) is 0.637. The molecule has 146 valence electrons. The number of halogens is 1. The Labute approximate surface area is 173 Å². The summed E-state index contributed by atoms with van der Waals surface area (Å²) in [5, 5.41) is 0. The molecule has 1 aromatic carbocycles. The van der Waals surface area contributed by atoms with Crippen molar-refractivity contribution in [2.24, 2.45) is 0 Å². The molecule has 0 bridgehead atoms. The first kappa shape index (κ1) is 20.2. The predicted octanol–water partition coefficient (Wildman–Crippen LogP) is 3.93. The largest absolute Gasteiger partial charge is 0.493 e. The van der Waals surface area contributed by atoms with Crippen molar-refractivity contribution in [2.75, 3.05) is 33.9 Å². The van der Waals surface area contributed by atoms with Gasteiger partial charge in [0.15, 0.2) is 11.5 Å². The van der Waals surface area contributed by atoms with Gasteiger partial charge in [0.05, 0.1) is 24.6 Å². The minimum atomic E-state index is 0.174. The summed E-state index contributed by atoms with van der Waals surface area (Å²) < 4.78 is 11.9.